The summed E-state index contributed by atoms with van der Waals surface area (Å²) < 4.78 is 0.644. The molecule has 0 heterocycles. The summed E-state index contributed by atoms with van der Waals surface area (Å²) in [5.41, 5.74) is 0.930. The second kappa shape index (κ2) is 2.63. The molecule has 1 aromatic carbocycles. The average molecular weight is 242 g/mol. The van der Waals surface area contributed by atoms with E-state index >= 15 is 0 Å². The fourth-order valence-corrected chi connectivity index (χ4v) is 1.90. The normalized spacial score (nSPS) is 13.5. The van der Waals surface area contributed by atoms with Crippen molar-refractivity contribution in [3.63, 3.8) is 0 Å². The van der Waals surface area contributed by atoms with E-state index in [4.69, 9.17) is 0 Å². The number of halogens is 1. The summed E-state index contributed by atoms with van der Waals surface area (Å²) in [4.78, 5) is 21.0. The van der Waals surface area contributed by atoms with Crippen molar-refractivity contribution in [1.82, 2.24) is 0 Å². The molecule has 0 saturated carbocycles. The summed E-state index contributed by atoms with van der Waals surface area (Å²) in [5.74, 6) is -0.144. The van der Waals surface area contributed by atoms with Crippen LogP contribution < -0.4 is 0 Å². The first-order valence-electron chi connectivity index (χ1n) is 3.59. The average Bonchev–Trinajstić information content (AvgIpc) is 2.01. The first-order chi connectivity index (χ1) is 6.09. The van der Waals surface area contributed by atoms with E-state index < -0.39 is 4.92 Å². The topological polar surface area (TPSA) is 60.2 Å². The van der Waals surface area contributed by atoms with Gasteiger partial charge in [0.2, 0.25) is 0 Å². The maximum Gasteiger partial charge on any atom is 0.281 e. The number of carbonyl (C=O) groups is 1. The van der Waals surface area contributed by atoms with Crippen LogP contribution >= 0.6 is 15.9 Å². The van der Waals surface area contributed by atoms with Gasteiger partial charge >= 0.3 is 0 Å². The minimum absolute atomic E-state index is 0.0966. The SMILES string of the molecule is O=C1Cc2cc(Br)cc([N+](=O)[O-])c21. The molecule has 0 saturated heterocycles. The highest BCUT2D eigenvalue weighted by atomic mass is 79.9. The summed E-state index contributed by atoms with van der Waals surface area (Å²) in [7, 11) is 0. The highest BCUT2D eigenvalue weighted by Crippen LogP contribution is 2.34. The van der Waals surface area contributed by atoms with Crippen LogP contribution in [-0.2, 0) is 6.42 Å². The van der Waals surface area contributed by atoms with Gasteiger partial charge in [-0.1, -0.05) is 15.9 Å². The number of hydrogen-bond donors (Lipinski definition) is 0. The number of ketones is 1. The van der Waals surface area contributed by atoms with Crippen molar-refractivity contribution in [3.05, 3.63) is 37.8 Å². The lowest BCUT2D eigenvalue weighted by atomic mass is 9.86. The largest absolute Gasteiger partial charge is 0.294 e. The molecular weight excluding hydrogens is 238 g/mol. The summed E-state index contributed by atoms with van der Waals surface area (Å²) in [6.45, 7) is 0. The highest BCUT2D eigenvalue weighted by Gasteiger charge is 2.32. The summed E-state index contributed by atoms with van der Waals surface area (Å²) >= 11 is 3.15. The number of nitrogens with zero attached hydrogens (tertiary/aromatic N) is 1. The maximum atomic E-state index is 11.0. The van der Waals surface area contributed by atoms with E-state index in [0.717, 1.165) is 5.56 Å². The van der Waals surface area contributed by atoms with Crippen molar-refractivity contribution < 1.29 is 9.72 Å². The Morgan fingerprint density at radius 3 is 2.69 bits per heavy atom. The van der Waals surface area contributed by atoms with E-state index in [-0.39, 0.29) is 17.0 Å². The summed E-state index contributed by atoms with van der Waals surface area (Å²) in [6.07, 6.45) is 0.315. The van der Waals surface area contributed by atoms with Crippen molar-refractivity contribution in [2.45, 2.75) is 6.42 Å². The third kappa shape index (κ3) is 1.16. The molecule has 0 aromatic heterocycles. The van der Waals surface area contributed by atoms with Gasteiger partial charge < -0.3 is 0 Å². The van der Waals surface area contributed by atoms with Crippen LogP contribution in [0.15, 0.2) is 16.6 Å². The quantitative estimate of drug-likeness (QED) is 0.559. The molecule has 4 nitrogen and oxygen atoms in total. The van der Waals surface area contributed by atoms with E-state index in [1.807, 2.05) is 0 Å². The molecule has 0 bridgehead atoms. The van der Waals surface area contributed by atoms with Crippen LogP contribution in [0.5, 0.6) is 0 Å². The zero-order valence-electron chi connectivity index (χ0n) is 6.41. The Morgan fingerprint density at radius 1 is 1.46 bits per heavy atom. The number of hydrogen-bond acceptors (Lipinski definition) is 3. The number of benzene rings is 1. The van der Waals surface area contributed by atoms with Crippen LogP contribution in [0.2, 0.25) is 0 Å². The van der Waals surface area contributed by atoms with Crippen LogP contribution in [0.1, 0.15) is 15.9 Å². The van der Waals surface area contributed by atoms with E-state index in [0.29, 0.717) is 10.9 Å². The zero-order chi connectivity index (χ0) is 9.59. The fraction of sp³-hybridized carbons (Fsp3) is 0.125. The molecule has 1 aromatic rings. The Balaban J connectivity index is 2.68. The van der Waals surface area contributed by atoms with E-state index in [1.54, 1.807) is 6.07 Å². The van der Waals surface area contributed by atoms with Crippen LogP contribution in [0.25, 0.3) is 0 Å². The molecule has 0 unspecified atom stereocenters. The van der Waals surface area contributed by atoms with Gasteiger partial charge in [-0.05, 0) is 11.6 Å². The summed E-state index contributed by atoms with van der Waals surface area (Å²) in [5, 5.41) is 10.5. The standard InChI is InChI=1S/C8H4BrNO3/c9-5-1-4-2-7(11)8(4)6(3-5)10(12)13/h1,3H,2H2. The molecule has 0 aliphatic heterocycles. The van der Waals surface area contributed by atoms with Crippen molar-refractivity contribution in [2.24, 2.45) is 0 Å². The minimum atomic E-state index is -0.527. The number of rotatable bonds is 1. The third-order valence-electron chi connectivity index (χ3n) is 1.99. The molecule has 0 atom stereocenters. The van der Waals surface area contributed by atoms with Crippen molar-refractivity contribution in [3.8, 4) is 0 Å². The monoisotopic (exact) mass is 241 g/mol. The number of nitro groups is 1. The Morgan fingerprint density at radius 2 is 2.15 bits per heavy atom. The molecule has 5 heteroatoms. The molecule has 0 spiro atoms. The first kappa shape index (κ1) is 8.37. The molecule has 0 fully saturated rings. The Hall–Kier alpha value is -1.23. The van der Waals surface area contributed by atoms with Gasteiger partial charge in [0.15, 0.2) is 5.78 Å². The van der Waals surface area contributed by atoms with E-state index in [2.05, 4.69) is 15.9 Å². The molecule has 1 aliphatic rings. The minimum Gasteiger partial charge on any atom is -0.294 e. The van der Waals surface area contributed by atoms with Crippen molar-refractivity contribution in [1.29, 1.82) is 0 Å². The molecular formula is C8H4BrNO3. The number of nitro benzene ring substituents is 1. The van der Waals surface area contributed by atoms with Gasteiger partial charge in [0, 0.05) is 17.0 Å². The zero-order valence-corrected chi connectivity index (χ0v) is 8.00. The molecule has 2 rings (SSSR count). The van der Waals surface area contributed by atoms with Crippen molar-refractivity contribution in [2.75, 3.05) is 0 Å². The Labute approximate surface area is 81.8 Å². The van der Waals surface area contributed by atoms with Gasteiger partial charge in [-0.25, -0.2) is 0 Å². The number of carbonyl (C=O) groups excluding carboxylic acids is 1. The van der Waals surface area contributed by atoms with Gasteiger partial charge in [-0.3, -0.25) is 14.9 Å². The van der Waals surface area contributed by atoms with Crippen LogP contribution in [0.3, 0.4) is 0 Å². The molecule has 0 amide bonds. The number of fused-ring (bicyclic) bond motifs is 1. The third-order valence-corrected chi connectivity index (χ3v) is 2.45. The fourth-order valence-electron chi connectivity index (χ4n) is 1.41. The molecule has 1 aliphatic carbocycles. The van der Waals surface area contributed by atoms with Gasteiger partial charge in [-0.15, -0.1) is 0 Å². The van der Waals surface area contributed by atoms with Crippen LogP contribution in [0, 0.1) is 10.1 Å². The van der Waals surface area contributed by atoms with Crippen LogP contribution in [0.4, 0.5) is 5.69 Å². The lowest BCUT2D eigenvalue weighted by molar-refractivity contribution is -0.385. The Kier molecular flexibility index (Phi) is 1.69. The van der Waals surface area contributed by atoms with Crippen molar-refractivity contribution >= 4 is 27.4 Å². The predicted octanol–water partition coefficient (Wildman–Crippen LogP) is 2.10. The second-order valence-electron chi connectivity index (χ2n) is 2.82. The second-order valence-corrected chi connectivity index (χ2v) is 3.73. The molecule has 0 N–H and O–H groups in total. The number of Topliss-reactive ketones (excluding diaryl/α,β-unsaturated/α-hetero) is 1. The van der Waals surface area contributed by atoms with Gasteiger partial charge in [0.1, 0.15) is 0 Å². The van der Waals surface area contributed by atoms with Gasteiger partial charge in [-0.2, -0.15) is 0 Å². The predicted molar refractivity (Wildman–Crippen MR) is 48.8 cm³/mol. The maximum absolute atomic E-state index is 11.0. The Bertz CT molecular complexity index is 428. The first-order valence-corrected chi connectivity index (χ1v) is 4.39. The summed E-state index contributed by atoms with van der Waals surface area (Å²) in [6, 6.07) is 3.10. The molecule has 66 valence electrons. The molecule has 13 heavy (non-hydrogen) atoms. The van der Waals surface area contributed by atoms with Crippen LogP contribution in [-0.4, -0.2) is 10.7 Å². The lowest BCUT2D eigenvalue weighted by Gasteiger charge is -2.16. The van der Waals surface area contributed by atoms with E-state index in [9.17, 15) is 14.9 Å². The highest BCUT2D eigenvalue weighted by molar-refractivity contribution is 9.10. The van der Waals surface area contributed by atoms with Gasteiger partial charge in [0.25, 0.3) is 5.69 Å². The van der Waals surface area contributed by atoms with E-state index in [1.165, 1.54) is 6.07 Å². The van der Waals surface area contributed by atoms with Gasteiger partial charge in [0.05, 0.1) is 10.5 Å². The lowest BCUT2D eigenvalue weighted by Crippen LogP contribution is -2.20. The molecule has 0 radical (unpaired) electrons. The smallest absolute Gasteiger partial charge is 0.281 e.